The molecule has 1 aromatic heterocycles. The number of amides is 1. The number of nitrogens with zero attached hydrogens (tertiary/aromatic N) is 1. The van der Waals surface area contributed by atoms with Gasteiger partial charge in [-0.2, -0.15) is 0 Å². The van der Waals surface area contributed by atoms with Crippen LogP contribution in [0.5, 0.6) is 0 Å². The van der Waals surface area contributed by atoms with Gasteiger partial charge in [0.2, 0.25) is 5.91 Å². The molecular weight excluding hydrogens is 332 g/mol. The molecule has 0 unspecified atom stereocenters. The number of non-ortho nitro benzene ring substituents is 1. The minimum absolute atomic E-state index is 0.0229. The van der Waals surface area contributed by atoms with Crippen LogP contribution in [0.25, 0.3) is 6.08 Å². The molecule has 0 saturated heterocycles. The van der Waals surface area contributed by atoms with Gasteiger partial charge in [0.25, 0.3) is 5.69 Å². The lowest BCUT2D eigenvalue weighted by Crippen LogP contribution is -2.27. The second kappa shape index (κ2) is 7.94. The molecule has 0 saturated carbocycles. The average Bonchev–Trinajstić information content (AvgIpc) is 3.20. The minimum Gasteiger partial charge on any atom is -0.467 e. The van der Waals surface area contributed by atoms with Crippen molar-refractivity contribution >= 4 is 17.7 Å². The normalized spacial score (nSPS) is 12.0. The van der Waals surface area contributed by atoms with E-state index < -0.39 is 11.0 Å². The summed E-state index contributed by atoms with van der Waals surface area (Å²) in [5, 5.41) is 13.7. The molecule has 0 bridgehead atoms. The molecule has 3 aromatic rings. The Bertz CT molecular complexity index is 918. The standard InChI is InChI=1S/C20H16N2O4/c23-19(12-11-15-6-4-9-17(14-15)22(24)25)21-20(18-10-5-13-26-18)16-7-2-1-3-8-16/h1-14,20H,(H,21,23)/b12-11+/t20-/m0/s1. The van der Waals surface area contributed by atoms with Crippen molar-refractivity contribution in [1.82, 2.24) is 5.32 Å². The molecule has 1 atom stereocenters. The molecule has 6 heteroatoms. The quantitative estimate of drug-likeness (QED) is 0.413. The molecule has 130 valence electrons. The Kier molecular flexibility index (Phi) is 5.24. The largest absolute Gasteiger partial charge is 0.467 e. The first-order chi connectivity index (χ1) is 12.6. The lowest BCUT2D eigenvalue weighted by atomic mass is 10.0. The molecule has 3 rings (SSSR count). The highest BCUT2D eigenvalue weighted by Crippen LogP contribution is 2.22. The van der Waals surface area contributed by atoms with Crippen LogP contribution in [0, 0.1) is 10.1 Å². The summed E-state index contributed by atoms with van der Waals surface area (Å²) in [5.41, 5.74) is 1.44. The molecule has 1 amide bonds. The molecule has 1 heterocycles. The predicted octanol–water partition coefficient (Wildman–Crippen LogP) is 4.11. The molecule has 26 heavy (non-hydrogen) atoms. The van der Waals surface area contributed by atoms with E-state index in [4.69, 9.17) is 4.42 Å². The third-order valence-electron chi connectivity index (χ3n) is 3.76. The van der Waals surface area contributed by atoms with Gasteiger partial charge in [-0.1, -0.05) is 42.5 Å². The Morgan fingerprint density at radius 2 is 1.88 bits per heavy atom. The molecule has 0 fully saturated rings. The number of hydrogen-bond donors (Lipinski definition) is 1. The van der Waals surface area contributed by atoms with Gasteiger partial charge in [-0.15, -0.1) is 0 Å². The van der Waals surface area contributed by atoms with Crippen LogP contribution in [0.2, 0.25) is 0 Å². The van der Waals surface area contributed by atoms with Crippen LogP contribution in [0.15, 0.2) is 83.5 Å². The van der Waals surface area contributed by atoms with Gasteiger partial charge in [0.15, 0.2) is 0 Å². The fourth-order valence-corrected chi connectivity index (χ4v) is 2.52. The van der Waals surface area contributed by atoms with Crippen LogP contribution in [0.1, 0.15) is 22.9 Å². The lowest BCUT2D eigenvalue weighted by molar-refractivity contribution is -0.384. The Balaban J connectivity index is 1.76. The van der Waals surface area contributed by atoms with Crippen LogP contribution in [0.3, 0.4) is 0 Å². The van der Waals surface area contributed by atoms with E-state index in [1.54, 1.807) is 30.5 Å². The third kappa shape index (κ3) is 4.24. The SMILES string of the molecule is O=C(/C=C/c1cccc([N+](=O)[O-])c1)N[C@@H](c1ccccc1)c1ccco1. The van der Waals surface area contributed by atoms with Crippen LogP contribution in [0.4, 0.5) is 5.69 Å². The second-order valence-corrected chi connectivity index (χ2v) is 5.55. The van der Waals surface area contributed by atoms with Crippen molar-refractivity contribution in [3.8, 4) is 0 Å². The summed E-state index contributed by atoms with van der Waals surface area (Å²) in [7, 11) is 0. The maximum absolute atomic E-state index is 12.3. The fraction of sp³-hybridized carbons (Fsp3) is 0.0500. The maximum atomic E-state index is 12.3. The van der Waals surface area contributed by atoms with E-state index in [9.17, 15) is 14.9 Å². The third-order valence-corrected chi connectivity index (χ3v) is 3.76. The number of benzene rings is 2. The van der Waals surface area contributed by atoms with Crippen LogP contribution < -0.4 is 5.32 Å². The number of nitrogens with one attached hydrogen (secondary N) is 1. The van der Waals surface area contributed by atoms with E-state index in [-0.39, 0.29) is 11.6 Å². The topological polar surface area (TPSA) is 85.4 Å². The van der Waals surface area contributed by atoms with Crippen molar-refractivity contribution in [2.24, 2.45) is 0 Å². The molecule has 1 N–H and O–H groups in total. The molecule has 0 spiro atoms. The summed E-state index contributed by atoms with van der Waals surface area (Å²) in [6.45, 7) is 0. The van der Waals surface area contributed by atoms with Gasteiger partial charge < -0.3 is 9.73 Å². The highest BCUT2D eigenvalue weighted by molar-refractivity contribution is 5.92. The Labute approximate surface area is 149 Å². The van der Waals surface area contributed by atoms with Crippen molar-refractivity contribution in [2.45, 2.75) is 6.04 Å². The number of furan rings is 1. The zero-order valence-corrected chi connectivity index (χ0v) is 13.7. The van der Waals surface area contributed by atoms with Crippen molar-refractivity contribution in [3.63, 3.8) is 0 Å². The molecule has 2 aromatic carbocycles. The van der Waals surface area contributed by atoms with Gasteiger partial charge in [-0.25, -0.2) is 0 Å². The second-order valence-electron chi connectivity index (χ2n) is 5.55. The number of hydrogen-bond acceptors (Lipinski definition) is 4. The zero-order valence-electron chi connectivity index (χ0n) is 13.7. The van der Waals surface area contributed by atoms with Gasteiger partial charge in [0, 0.05) is 18.2 Å². The number of carbonyl (C=O) groups excluding carboxylic acids is 1. The monoisotopic (exact) mass is 348 g/mol. The zero-order chi connectivity index (χ0) is 18.4. The smallest absolute Gasteiger partial charge is 0.270 e. The molecule has 0 aliphatic rings. The number of carbonyl (C=O) groups is 1. The Morgan fingerprint density at radius 1 is 1.08 bits per heavy atom. The van der Waals surface area contributed by atoms with Crippen LogP contribution in [-0.4, -0.2) is 10.8 Å². The van der Waals surface area contributed by atoms with Crippen molar-refractivity contribution in [2.75, 3.05) is 0 Å². The van der Waals surface area contributed by atoms with Crippen LogP contribution >= 0.6 is 0 Å². The molecule has 0 radical (unpaired) electrons. The van der Waals surface area contributed by atoms with Gasteiger partial charge >= 0.3 is 0 Å². The van der Waals surface area contributed by atoms with Crippen LogP contribution in [-0.2, 0) is 4.79 Å². The summed E-state index contributed by atoms with van der Waals surface area (Å²) < 4.78 is 5.44. The highest BCUT2D eigenvalue weighted by Gasteiger charge is 2.18. The lowest BCUT2D eigenvalue weighted by Gasteiger charge is -2.16. The van der Waals surface area contributed by atoms with Crippen molar-refractivity contribution in [3.05, 3.63) is 106 Å². The van der Waals surface area contributed by atoms with Gasteiger partial charge in [-0.3, -0.25) is 14.9 Å². The van der Waals surface area contributed by atoms with E-state index in [0.717, 1.165) is 5.56 Å². The average molecular weight is 348 g/mol. The molecule has 6 nitrogen and oxygen atoms in total. The summed E-state index contributed by atoms with van der Waals surface area (Å²) in [4.78, 5) is 22.7. The first kappa shape index (κ1) is 17.2. The van der Waals surface area contributed by atoms with E-state index in [1.165, 1.54) is 24.3 Å². The predicted molar refractivity (Wildman–Crippen MR) is 97.3 cm³/mol. The van der Waals surface area contributed by atoms with Gasteiger partial charge in [0.1, 0.15) is 11.8 Å². The van der Waals surface area contributed by atoms with E-state index in [0.29, 0.717) is 11.3 Å². The van der Waals surface area contributed by atoms with Crippen molar-refractivity contribution < 1.29 is 14.1 Å². The minimum atomic E-state index is -0.472. The van der Waals surface area contributed by atoms with Gasteiger partial charge in [-0.05, 0) is 29.3 Å². The number of rotatable bonds is 6. The fourth-order valence-electron chi connectivity index (χ4n) is 2.52. The number of nitro benzene ring substituents is 1. The van der Waals surface area contributed by atoms with E-state index in [1.807, 2.05) is 30.3 Å². The molecule has 0 aliphatic heterocycles. The summed E-state index contributed by atoms with van der Waals surface area (Å²) in [5.74, 6) is 0.287. The van der Waals surface area contributed by atoms with E-state index in [2.05, 4.69) is 5.32 Å². The maximum Gasteiger partial charge on any atom is 0.270 e. The summed E-state index contributed by atoms with van der Waals surface area (Å²) >= 11 is 0. The molecule has 0 aliphatic carbocycles. The number of nitro groups is 1. The molecular formula is C20H16N2O4. The van der Waals surface area contributed by atoms with Crippen molar-refractivity contribution in [1.29, 1.82) is 0 Å². The van der Waals surface area contributed by atoms with Gasteiger partial charge in [0.05, 0.1) is 11.2 Å². The Hall–Kier alpha value is -3.67. The highest BCUT2D eigenvalue weighted by atomic mass is 16.6. The summed E-state index contributed by atoms with van der Waals surface area (Å²) in [6, 6.07) is 18.7. The first-order valence-corrected chi connectivity index (χ1v) is 7.95. The Morgan fingerprint density at radius 3 is 2.58 bits per heavy atom. The van der Waals surface area contributed by atoms with E-state index >= 15 is 0 Å². The first-order valence-electron chi connectivity index (χ1n) is 7.95. The summed E-state index contributed by atoms with van der Waals surface area (Å²) in [6.07, 6.45) is 4.43.